The van der Waals surface area contributed by atoms with Gasteiger partial charge < -0.3 is 19.3 Å². The number of rotatable bonds is 6. The third-order valence-corrected chi connectivity index (χ3v) is 4.97. The van der Waals surface area contributed by atoms with Crippen LogP contribution in [-0.4, -0.2) is 65.2 Å². The lowest BCUT2D eigenvalue weighted by molar-refractivity contribution is 0.0336. The molecule has 0 N–H and O–H groups in total. The standard InChI is InChI=1S/C23H28FN5O3/c1-7-8-14(2)20-25-22(29-12-16(4)31-13-15(29)3)27-23(26-20)32-19-10-9-17(11-18(19)24)21(30)28(5)6/h7-11,15-16H,1,12-13H2,2-6H3/b14-8+/t15-,16-/m0/s1. The second kappa shape index (κ2) is 9.86. The molecule has 0 bridgehead atoms. The summed E-state index contributed by atoms with van der Waals surface area (Å²) in [7, 11) is 3.20. The molecule has 170 valence electrons. The highest BCUT2D eigenvalue weighted by atomic mass is 19.1. The number of morpholine rings is 1. The number of carbonyl (C=O) groups excluding carboxylic acids is 1. The van der Waals surface area contributed by atoms with Crippen molar-refractivity contribution in [2.24, 2.45) is 0 Å². The van der Waals surface area contributed by atoms with E-state index in [2.05, 4.69) is 21.5 Å². The number of benzene rings is 1. The fraction of sp³-hybridized carbons (Fsp3) is 0.391. The van der Waals surface area contributed by atoms with Crippen LogP contribution in [0.15, 0.2) is 36.9 Å². The van der Waals surface area contributed by atoms with Gasteiger partial charge in [0.05, 0.1) is 18.8 Å². The van der Waals surface area contributed by atoms with Crippen molar-refractivity contribution in [2.75, 3.05) is 32.1 Å². The summed E-state index contributed by atoms with van der Waals surface area (Å²) in [6, 6.07) is 4.03. The molecular weight excluding hydrogens is 413 g/mol. The molecule has 9 heteroatoms. The molecule has 1 aliphatic heterocycles. The number of aromatic nitrogens is 3. The summed E-state index contributed by atoms with van der Waals surface area (Å²) in [5.41, 5.74) is 0.979. The van der Waals surface area contributed by atoms with Gasteiger partial charge in [-0.15, -0.1) is 0 Å². The molecule has 1 saturated heterocycles. The summed E-state index contributed by atoms with van der Waals surface area (Å²) in [5.74, 6) is -0.258. The van der Waals surface area contributed by atoms with Crippen molar-refractivity contribution in [1.82, 2.24) is 19.9 Å². The lowest BCUT2D eigenvalue weighted by atomic mass is 10.2. The molecule has 1 aliphatic rings. The highest BCUT2D eigenvalue weighted by Crippen LogP contribution is 2.27. The molecule has 0 unspecified atom stereocenters. The molecule has 3 rings (SSSR count). The zero-order valence-corrected chi connectivity index (χ0v) is 19.0. The summed E-state index contributed by atoms with van der Waals surface area (Å²) < 4.78 is 26.1. The Hall–Kier alpha value is -3.33. The van der Waals surface area contributed by atoms with E-state index in [0.717, 1.165) is 11.6 Å². The first-order valence-electron chi connectivity index (χ1n) is 10.3. The molecule has 2 atom stereocenters. The van der Waals surface area contributed by atoms with Gasteiger partial charge in [-0.2, -0.15) is 15.0 Å². The zero-order valence-electron chi connectivity index (χ0n) is 19.0. The topological polar surface area (TPSA) is 80.7 Å². The molecule has 0 spiro atoms. The Bertz CT molecular complexity index is 1040. The van der Waals surface area contributed by atoms with Gasteiger partial charge in [-0.25, -0.2) is 4.39 Å². The number of ether oxygens (including phenoxy) is 2. The van der Waals surface area contributed by atoms with Crippen molar-refractivity contribution in [2.45, 2.75) is 32.9 Å². The Morgan fingerprint density at radius 1 is 1.31 bits per heavy atom. The van der Waals surface area contributed by atoms with E-state index in [1.807, 2.05) is 25.7 Å². The Balaban J connectivity index is 1.98. The van der Waals surface area contributed by atoms with Crippen LogP contribution in [0.25, 0.3) is 5.57 Å². The number of hydrogen-bond donors (Lipinski definition) is 0. The van der Waals surface area contributed by atoms with Gasteiger partial charge in [0.1, 0.15) is 0 Å². The highest BCUT2D eigenvalue weighted by Gasteiger charge is 2.27. The molecule has 1 fully saturated rings. The number of amides is 1. The number of nitrogens with zero attached hydrogens (tertiary/aromatic N) is 5. The molecule has 0 saturated carbocycles. The number of allylic oxidation sites excluding steroid dienone is 3. The minimum Gasteiger partial charge on any atom is -0.421 e. The van der Waals surface area contributed by atoms with Gasteiger partial charge in [0.2, 0.25) is 5.95 Å². The minimum atomic E-state index is -0.687. The molecule has 8 nitrogen and oxygen atoms in total. The van der Waals surface area contributed by atoms with E-state index in [9.17, 15) is 9.18 Å². The van der Waals surface area contributed by atoms with Crippen LogP contribution in [0.2, 0.25) is 0 Å². The second-order valence-electron chi connectivity index (χ2n) is 7.92. The van der Waals surface area contributed by atoms with Gasteiger partial charge >= 0.3 is 6.01 Å². The van der Waals surface area contributed by atoms with Gasteiger partial charge in [-0.3, -0.25) is 4.79 Å². The maximum atomic E-state index is 14.7. The number of carbonyl (C=O) groups is 1. The van der Waals surface area contributed by atoms with Gasteiger partial charge in [0.25, 0.3) is 5.91 Å². The van der Waals surface area contributed by atoms with E-state index < -0.39 is 5.82 Å². The Labute approximate surface area is 187 Å². The smallest absolute Gasteiger partial charge is 0.327 e. The summed E-state index contributed by atoms with van der Waals surface area (Å²) in [6.07, 6.45) is 3.43. The van der Waals surface area contributed by atoms with Crippen LogP contribution in [-0.2, 0) is 4.74 Å². The number of anilines is 1. The molecule has 2 heterocycles. The fourth-order valence-electron chi connectivity index (χ4n) is 3.20. The van der Waals surface area contributed by atoms with Crippen LogP contribution in [0.5, 0.6) is 11.8 Å². The molecule has 1 amide bonds. The fourth-order valence-corrected chi connectivity index (χ4v) is 3.20. The largest absolute Gasteiger partial charge is 0.421 e. The lowest BCUT2D eigenvalue weighted by Crippen LogP contribution is -2.48. The molecule has 1 aromatic heterocycles. The first-order valence-corrected chi connectivity index (χ1v) is 10.3. The molecular formula is C23H28FN5O3. The van der Waals surface area contributed by atoms with Gasteiger partial charge in [0.15, 0.2) is 17.4 Å². The van der Waals surface area contributed by atoms with Gasteiger partial charge in [-0.05, 0) is 44.5 Å². The van der Waals surface area contributed by atoms with Crippen molar-refractivity contribution in [1.29, 1.82) is 0 Å². The Morgan fingerprint density at radius 2 is 2.06 bits per heavy atom. The molecule has 32 heavy (non-hydrogen) atoms. The average Bonchev–Trinajstić information content (AvgIpc) is 2.76. The molecule has 0 radical (unpaired) electrons. The third kappa shape index (κ3) is 5.28. The highest BCUT2D eigenvalue weighted by molar-refractivity contribution is 5.94. The maximum Gasteiger partial charge on any atom is 0.327 e. The predicted octanol–water partition coefficient (Wildman–Crippen LogP) is 3.71. The summed E-state index contributed by atoms with van der Waals surface area (Å²) >= 11 is 0. The SMILES string of the molecule is C=C/C=C(\C)c1nc(Oc2ccc(C(=O)N(C)C)cc2F)nc(N2C[C@H](C)OC[C@@H]2C)n1. The van der Waals surface area contributed by atoms with E-state index in [1.54, 1.807) is 26.2 Å². The quantitative estimate of drug-likeness (QED) is 0.632. The third-order valence-electron chi connectivity index (χ3n) is 4.97. The Kier molecular flexibility index (Phi) is 7.19. The maximum absolute atomic E-state index is 14.7. The lowest BCUT2D eigenvalue weighted by Gasteiger charge is -2.36. The van der Waals surface area contributed by atoms with Crippen LogP contribution in [0.1, 0.15) is 37.0 Å². The second-order valence-corrected chi connectivity index (χ2v) is 7.92. The molecule has 2 aromatic rings. The van der Waals surface area contributed by atoms with E-state index in [0.29, 0.717) is 24.9 Å². The summed E-state index contributed by atoms with van der Waals surface area (Å²) in [6.45, 7) is 10.7. The predicted molar refractivity (Wildman–Crippen MR) is 120 cm³/mol. The summed E-state index contributed by atoms with van der Waals surface area (Å²) in [4.78, 5) is 28.9. The molecule has 1 aromatic carbocycles. The van der Waals surface area contributed by atoms with Crippen LogP contribution < -0.4 is 9.64 Å². The van der Waals surface area contributed by atoms with Crippen molar-refractivity contribution in [3.63, 3.8) is 0 Å². The van der Waals surface area contributed by atoms with E-state index in [-0.39, 0.29) is 35.4 Å². The number of hydrogen-bond acceptors (Lipinski definition) is 7. The van der Waals surface area contributed by atoms with Gasteiger partial charge in [0, 0.05) is 26.2 Å². The number of halogens is 1. The van der Waals surface area contributed by atoms with E-state index in [4.69, 9.17) is 9.47 Å². The van der Waals surface area contributed by atoms with E-state index >= 15 is 0 Å². The van der Waals surface area contributed by atoms with Crippen LogP contribution in [0.4, 0.5) is 10.3 Å². The normalized spacial score (nSPS) is 18.9. The first-order chi connectivity index (χ1) is 15.2. The average molecular weight is 442 g/mol. The van der Waals surface area contributed by atoms with E-state index in [1.165, 1.54) is 17.0 Å². The molecule has 0 aliphatic carbocycles. The monoisotopic (exact) mass is 441 g/mol. The van der Waals surface area contributed by atoms with Crippen molar-refractivity contribution in [3.8, 4) is 11.8 Å². The van der Waals surface area contributed by atoms with Crippen molar-refractivity contribution >= 4 is 17.4 Å². The Morgan fingerprint density at radius 3 is 2.72 bits per heavy atom. The van der Waals surface area contributed by atoms with Crippen LogP contribution >= 0.6 is 0 Å². The van der Waals surface area contributed by atoms with Crippen molar-refractivity contribution in [3.05, 3.63) is 54.1 Å². The summed E-state index contributed by atoms with van der Waals surface area (Å²) in [5, 5.41) is 0. The van der Waals surface area contributed by atoms with Gasteiger partial charge in [-0.1, -0.05) is 18.7 Å². The van der Waals surface area contributed by atoms with Crippen LogP contribution in [0, 0.1) is 5.82 Å². The van der Waals surface area contributed by atoms with Crippen LogP contribution in [0.3, 0.4) is 0 Å². The first kappa shape index (κ1) is 23.3. The zero-order chi connectivity index (χ0) is 23.4. The van der Waals surface area contributed by atoms with Crippen molar-refractivity contribution < 1.29 is 18.7 Å². The minimum absolute atomic E-state index is 0.0137.